The number of benzene rings is 2. The van der Waals surface area contributed by atoms with Gasteiger partial charge in [0.25, 0.3) is 0 Å². The van der Waals surface area contributed by atoms with Crippen molar-refractivity contribution in [2.45, 2.75) is 12.3 Å². The summed E-state index contributed by atoms with van der Waals surface area (Å²) in [6.45, 7) is 4.76. The zero-order chi connectivity index (χ0) is 20.9. The first-order chi connectivity index (χ1) is 14.6. The van der Waals surface area contributed by atoms with Gasteiger partial charge in [-0.05, 0) is 29.3 Å². The summed E-state index contributed by atoms with van der Waals surface area (Å²) in [5.41, 5.74) is 3.14. The van der Waals surface area contributed by atoms with Crippen LogP contribution in [0.5, 0.6) is 0 Å². The third-order valence-electron chi connectivity index (χ3n) is 5.82. The maximum atomic E-state index is 13.5. The van der Waals surface area contributed by atoms with E-state index in [4.69, 9.17) is 4.74 Å². The molecule has 6 heteroatoms. The van der Waals surface area contributed by atoms with E-state index in [0.717, 1.165) is 54.9 Å². The van der Waals surface area contributed by atoms with Crippen molar-refractivity contribution in [3.8, 4) is 0 Å². The maximum Gasteiger partial charge on any atom is 0.220 e. The van der Waals surface area contributed by atoms with Gasteiger partial charge in [0.15, 0.2) is 0 Å². The van der Waals surface area contributed by atoms with Crippen LogP contribution in [0.1, 0.15) is 23.5 Å². The molecule has 2 heterocycles. The Kier molecular flexibility index (Phi) is 6.45. The number of para-hydroxylation sites is 1. The summed E-state index contributed by atoms with van der Waals surface area (Å²) in [7, 11) is 2.01. The number of carbonyl (C=O) groups is 1. The van der Waals surface area contributed by atoms with E-state index < -0.39 is 0 Å². The normalized spacial score (nSPS) is 15.9. The van der Waals surface area contributed by atoms with Crippen LogP contribution in [0.2, 0.25) is 0 Å². The lowest BCUT2D eigenvalue weighted by molar-refractivity contribution is -0.121. The van der Waals surface area contributed by atoms with E-state index in [2.05, 4.69) is 33.1 Å². The molecular formula is C24H28FN3O2. The Labute approximate surface area is 176 Å². The van der Waals surface area contributed by atoms with E-state index in [1.807, 2.05) is 19.2 Å². The van der Waals surface area contributed by atoms with Crippen LogP contribution >= 0.6 is 0 Å². The summed E-state index contributed by atoms with van der Waals surface area (Å²) < 4.78 is 21.0. The first-order valence-electron chi connectivity index (χ1n) is 10.5. The van der Waals surface area contributed by atoms with Crippen molar-refractivity contribution in [3.05, 3.63) is 71.7 Å². The SMILES string of the molecule is Cn1cc([C@H](CC(=O)NCCN2CCOCC2)c2ccc(F)cc2)c2ccccc21. The summed E-state index contributed by atoms with van der Waals surface area (Å²) >= 11 is 0. The molecule has 1 amide bonds. The van der Waals surface area contributed by atoms with Crippen LogP contribution in [0.3, 0.4) is 0 Å². The van der Waals surface area contributed by atoms with Crippen molar-refractivity contribution in [2.75, 3.05) is 39.4 Å². The summed E-state index contributed by atoms with van der Waals surface area (Å²) in [5.74, 6) is -0.406. The Morgan fingerprint density at radius 2 is 1.87 bits per heavy atom. The Morgan fingerprint density at radius 3 is 2.63 bits per heavy atom. The van der Waals surface area contributed by atoms with Gasteiger partial charge in [0.2, 0.25) is 5.91 Å². The smallest absolute Gasteiger partial charge is 0.220 e. The number of nitrogens with zero attached hydrogens (tertiary/aromatic N) is 2. The molecule has 4 rings (SSSR count). The van der Waals surface area contributed by atoms with E-state index in [1.165, 1.54) is 12.1 Å². The van der Waals surface area contributed by atoms with Crippen LogP contribution in [-0.2, 0) is 16.6 Å². The number of hydrogen-bond donors (Lipinski definition) is 1. The topological polar surface area (TPSA) is 46.5 Å². The predicted molar refractivity (Wildman–Crippen MR) is 116 cm³/mol. The number of nitrogens with one attached hydrogen (secondary N) is 1. The van der Waals surface area contributed by atoms with Crippen molar-refractivity contribution in [1.29, 1.82) is 0 Å². The number of carbonyl (C=O) groups excluding carboxylic acids is 1. The van der Waals surface area contributed by atoms with E-state index >= 15 is 0 Å². The van der Waals surface area contributed by atoms with Gasteiger partial charge in [-0.15, -0.1) is 0 Å². The van der Waals surface area contributed by atoms with E-state index in [9.17, 15) is 9.18 Å². The maximum absolute atomic E-state index is 13.5. The lowest BCUT2D eigenvalue weighted by atomic mass is 9.88. The van der Waals surface area contributed by atoms with Crippen LogP contribution in [0.15, 0.2) is 54.7 Å². The third kappa shape index (κ3) is 4.71. The number of fused-ring (bicyclic) bond motifs is 1. The largest absolute Gasteiger partial charge is 0.379 e. The van der Waals surface area contributed by atoms with Crippen LogP contribution < -0.4 is 5.32 Å². The van der Waals surface area contributed by atoms with E-state index in [0.29, 0.717) is 13.0 Å². The van der Waals surface area contributed by atoms with Crippen molar-refractivity contribution in [1.82, 2.24) is 14.8 Å². The van der Waals surface area contributed by atoms with Crippen molar-refractivity contribution >= 4 is 16.8 Å². The average Bonchev–Trinajstić information content (AvgIpc) is 3.10. The number of morpholine rings is 1. The molecule has 1 saturated heterocycles. The van der Waals surface area contributed by atoms with Gasteiger partial charge in [0.1, 0.15) is 5.82 Å². The van der Waals surface area contributed by atoms with Crippen LogP contribution in [0, 0.1) is 5.82 Å². The highest BCUT2D eigenvalue weighted by atomic mass is 19.1. The minimum absolute atomic E-state index is 0.00511. The fourth-order valence-corrected chi connectivity index (χ4v) is 4.19. The predicted octanol–water partition coefficient (Wildman–Crippen LogP) is 3.29. The highest BCUT2D eigenvalue weighted by Crippen LogP contribution is 2.34. The van der Waals surface area contributed by atoms with Gasteiger partial charge in [-0.1, -0.05) is 30.3 Å². The number of ether oxygens (including phenoxy) is 1. The zero-order valence-corrected chi connectivity index (χ0v) is 17.3. The van der Waals surface area contributed by atoms with Crippen molar-refractivity contribution < 1.29 is 13.9 Å². The van der Waals surface area contributed by atoms with Crippen LogP contribution in [-0.4, -0.2) is 54.8 Å². The fraction of sp³-hybridized carbons (Fsp3) is 0.375. The molecule has 0 aliphatic carbocycles. The highest BCUT2D eigenvalue weighted by Gasteiger charge is 2.22. The van der Waals surface area contributed by atoms with E-state index in [-0.39, 0.29) is 17.6 Å². The highest BCUT2D eigenvalue weighted by molar-refractivity contribution is 5.86. The molecule has 0 spiro atoms. The van der Waals surface area contributed by atoms with Gasteiger partial charge in [-0.25, -0.2) is 4.39 Å². The number of aromatic nitrogens is 1. The van der Waals surface area contributed by atoms with E-state index in [1.54, 1.807) is 12.1 Å². The summed E-state index contributed by atoms with van der Waals surface area (Å²) in [6.07, 6.45) is 2.41. The Balaban J connectivity index is 1.52. The molecule has 30 heavy (non-hydrogen) atoms. The first kappa shape index (κ1) is 20.6. The third-order valence-corrected chi connectivity index (χ3v) is 5.82. The molecular weight excluding hydrogens is 381 g/mol. The molecule has 5 nitrogen and oxygen atoms in total. The molecule has 1 N–H and O–H groups in total. The summed E-state index contributed by atoms with van der Waals surface area (Å²) in [4.78, 5) is 15.1. The van der Waals surface area contributed by atoms with Crippen molar-refractivity contribution in [3.63, 3.8) is 0 Å². The molecule has 3 aromatic rings. The summed E-state index contributed by atoms with van der Waals surface area (Å²) in [5, 5.41) is 4.18. The molecule has 0 bridgehead atoms. The second-order valence-corrected chi connectivity index (χ2v) is 7.82. The number of hydrogen-bond acceptors (Lipinski definition) is 3. The van der Waals surface area contributed by atoms with Crippen molar-refractivity contribution in [2.24, 2.45) is 7.05 Å². The Hall–Kier alpha value is -2.70. The number of aryl methyl sites for hydroxylation is 1. The lowest BCUT2D eigenvalue weighted by Gasteiger charge is -2.26. The number of amides is 1. The number of rotatable bonds is 7. The zero-order valence-electron chi connectivity index (χ0n) is 17.3. The molecule has 1 aliphatic rings. The van der Waals surface area contributed by atoms with Gasteiger partial charge in [-0.2, -0.15) is 0 Å². The minimum atomic E-state index is -0.273. The van der Waals surface area contributed by atoms with Gasteiger partial charge in [0, 0.05) is 62.7 Å². The quantitative estimate of drug-likeness (QED) is 0.651. The van der Waals surface area contributed by atoms with Gasteiger partial charge in [-0.3, -0.25) is 9.69 Å². The van der Waals surface area contributed by atoms with Gasteiger partial charge in [0.05, 0.1) is 13.2 Å². The molecule has 0 radical (unpaired) electrons. The Bertz CT molecular complexity index is 993. The molecule has 0 saturated carbocycles. The molecule has 0 unspecified atom stereocenters. The second-order valence-electron chi connectivity index (χ2n) is 7.82. The molecule has 2 aromatic carbocycles. The van der Waals surface area contributed by atoms with Crippen LogP contribution in [0.25, 0.3) is 10.9 Å². The lowest BCUT2D eigenvalue weighted by Crippen LogP contribution is -2.41. The molecule has 1 aromatic heterocycles. The van der Waals surface area contributed by atoms with Gasteiger partial charge >= 0.3 is 0 Å². The van der Waals surface area contributed by atoms with Gasteiger partial charge < -0.3 is 14.6 Å². The molecule has 158 valence electrons. The minimum Gasteiger partial charge on any atom is -0.379 e. The molecule has 1 fully saturated rings. The standard InChI is InChI=1S/C24H28FN3O2/c1-27-17-22(20-4-2-3-5-23(20)27)21(18-6-8-19(25)9-7-18)16-24(29)26-10-11-28-12-14-30-15-13-28/h2-9,17,21H,10-16H2,1H3,(H,26,29)/t21-/m1/s1. The first-order valence-corrected chi connectivity index (χ1v) is 10.5. The molecule has 1 atom stereocenters. The Morgan fingerprint density at radius 1 is 1.13 bits per heavy atom. The number of halogens is 1. The summed E-state index contributed by atoms with van der Waals surface area (Å²) in [6, 6.07) is 14.7. The monoisotopic (exact) mass is 409 g/mol. The molecule has 1 aliphatic heterocycles. The second kappa shape index (κ2) is 9.41. The van der Waals surface area contributed by atoms with Crippen LogP contribution in [0.4, 0.5) is 4.39 Å². The average molecular weight is 410 g/mol. The fourth-order valence-electron chi connectivity index (χ4n) is 4.19.